The van der Waals surface area contributed by atoms with Crippen LogP contribution < -0.4 is 5.32 Å². The van der Waals surface area contributed by atoms with Gasteiger partial charge in [0.15, 0.2) is 0 Å². The summed E-state index contributed by atoms with van der Waals surface area (Å²) in [6.45, 7) is 10.6. The molecule has 1 aromatic heterocycles. The lowest BCUT2D eigenvalue weighted by Crippen LogP contribution is -2.48. The molecule has 6 heteroatoms. The summed E-state index contributed by atoms with van der Waals surface area (Å²) in [6.07, 6.45) is 0. The van der Waals surface area contributed by atoms with Crippen molar-refractivity contribution in [3.8, 4) is 0 Å². The van der Waals surface area contributed by atoms with Crippen LogP contribution in [0.5, 0.6) is 0 Å². The van der Waals surface area contributed by atoms with Crippen LogP contribution in [0.3, 0.4) is 0 Å². The highest BCUT2D eigenvalue weighted by molar-refractivity contribution is 7.99. The maximum atomic E-state index is 12.3. The minimum Gasteiger partial charge on any atom is -0.361 e. The monoisotopic (exact) mass is 311 g/mol. The zero-order valence-electron chi connectivity index (χ0n) is 13.3. The molecule has 1 fully saturated rings. The Hall–Kier alpha value is -1.01. The lowest BCUT2D eigenvalue weighted by molar-refractivity contribution is -0.125. The molecular formula is C15H25N3O2S. The van der Waals surface area contributed by atoms with Crippen LogP contribution in [-0.4, -0.2) is 53.1 Å². The molecule has 0 unspecified atom stereocenters. The summed E-state index contributed by atoms with van der Waals surface area (Å²) in [4.78, 5) is 14.5. The second kappa shape index (κ2) is 7.31. The molecule has 0 aromatic carbocycles. The van der Waals surface area contributed by atoms with Gasteiger partial charge in [-0.15, -0.1) is 0 Å². The first-order chi connectivity index (χ1) is 10.0. The molecule has 0 radical (unpaired) electrons. The van der Waals surface area contributed by atoms with E-state index in [0.717, 1.165) is 41.6 Å². The first-order valence-corrected chi connectivity index (χ1v) is 8.68. The van der Waals surface area contributed by atoms with E-state index in [0.29, 0.717) is 6.54 Å². The van der Waals surface area contributed by atoms with E-state index in [4.69, 9.17) is 4.52 Å². The van der Waals surface area contributed by atoms with Gasteiger partial charge in [-0.2, -0.15) is 11.8 Å². The molecule has 0 bridgehead atoms. The molecule has 1 aliphatic heterocycles. The SMILES string of the molecule is Cc1noc(C)c1[C@@H](C)CNC(=O)[C@@H](C)N1CCSCC1. The smallest absolute Gasteiger partial charge is 0.237 e. The van der Waals surface area contributed by atoms with Gasteiger partial charge in [-0.25, -0.2) is 0 Å². The van der Waals surface area contributed by atoms with E-state index in [2.05, 4.69) is 22.3 Å². The second-order valence-corrected chi connectivity index (χ2v) is 6.93. The Balaban J connectivity index is 1.85. The van der Waals surface area contributed by atoms with Crippen LogP contribution in [0.4, 0.5) is 0 Å². The zero-order valence-corrected chi connectivity index (χ0v) is 14.1. The Labute approximate surface area is 130 Å². The maximum Gasteiger partial charge on any atom is 0.237 e. The lowest BCUT2D eigenvalue weighted by atomic mass is 9.99. The normalized spacial score (nSPS) is 19.2. The van der Waals surface area contributed by atoms with E-state index in [-0.39, 0.29) is 17.9 Å². The van der Waals surface area contributed by atoms with Crippen molar-refractivity contribution in [2.75, 3.05) is 31.1 Å². The third-order valence-electron chi connectivity index (χ3n) is 4.14. The largest absolute Gasteiger partial charge is 0.361 e. The summed E-state index contributed by atoms with van der Waals surface area (Å²) in [5.41, 5.74) is 2.02. The van der Waals surface area contributed by atoms with Crippen molar-refractivity contribution < 1.29 is 9.32 Å². The Bertz CT molecular complexity index is 464. The Morgan fingerprint density at radius 3 is 2.62 bits per heavy atom. The van der Waals surface area contributed by atoms with Crippen LogP contribution in [0.1, 0.15) is 36.8 Å². The highest BCUT2D eigenvalue weighted by Gasteiger charge is 2.24. The third kappa shape index (κ3) is 4.01. The average molecular weight is 311 g/mol. The van der Waals surface area contributed by atoms with E-state index >= 15 is 0 Å². The molecule has 118 valence electrons. The van der Waals surface area contributed by atoms with Gasteiger partial charge in [0.2, 0.25) is 5.91 Å². The van der Waals surface area contributed by atoms with Crippen LogP contribution >= 0.6 is 11.8 Å². The number of carbonyl (C=O) groups is 1. The van der Waals surface area contributed by atoms with E-state index in [1.54, 1.807) is 0 Å². The van der Waals surface area contributed by atoms with Gasteiger partial charge >= 0.3 is 0 Å². The van der Waals surface area contributed by atoms with Crippen molar-refractivity contribution in [1.82, 2.24) is 15.4 Å². The van der Waals surface area contributed by atoms with Gasteiger partial charge in [-0.3, -0.25) is 9.69 Å². The first-order valence-electron chi connectivity index (χ1n) is 7.53. The van der Waals surface area contributed by atoms with Crippen LogP contribution in [0.15, 0.2) is 4.52 Å². The maximum absolute atomic E-state index is 12.3. The predicted molar refractivity (Wildman–Crippen MR) is 85.8 cm³/mol. The molecule has 2 rings (SSSR count). The quantitative estimate of drug-likeness (QED) is 0.900. The molecule has 1 saturated heterocycles. The van der Waals surface area contributed by atoms with E-state index < -0.39 is 0 Å². The lowest BCUT2D eigenvalue weighted by Gasteiger charge is -2.31. The number of nitrogens with zero attached hydrogens (tertiary/aromatic N) is 2. The fourth-order valence-corrected chi connectivity index (χ4v) is 3.76. The summed E-state index contributed by atoms with van der Waals surface area (Å²) in [5, 5.41) is 7.04. The van der Waals surface area contributed by atoms with Crippen molar-refractivity contribution in [3.05, 3.63) is 17.0 Å². The van der Waals surface area contributed by atoms with Crippen molar-refractivity contribution in [2.45, 2.75) is 39.7 Å². The Morgan fingerprint density at radius 1 is 1.38 bits per heavy atom. The van der Waals surface area contributed by atoms with Crippen LogP contribution in [0, 0.1) is 13.8 Å². The highest BCUT2D eigenvalue weighted by Crippen LogP contribution is 2.22. The molecule has 1 amide bonds. The number of thioether (sulfide) groups is 1. The van der Waals surface area contributed by atoms with Crippen LogP contribution in [-0.2, 0) is 4.79 Å². The average Bonchev–Trinajstić information content (AvgIpc) is 2.83. The van der Waals surface area contributed by atoms with Crippen molar-refractivity contribution in [2.24, 2.45) is 0 Å². The van der Waals surface area contributed by atoms with Gasteiger partial charge < -0.3 is 9.84 Å². The summed E-state index contributed by atoms with van der Waals surface area (Å²) in [7, 11) is 0. The molecule has 0 aliphatic carbocycles. The van der Waals surface area contributed by atoms with Gasteiger partial charge in [0, 0.05) is 42.6 Å². The molecule has 1 N–H and O–H groups in total. The summed E-state index contributed by atoms with van der Waals surface area (Å²) in [6, 6.07) is -0.0530. The number of hydrogen-bond donors (Lipinski definition) is 1. The minimum atomic E-state index is -0.0530. The first kappa shape index (κ1) is 16.4. The second-order valence-electron chi connectivity index (χ2n) is 5.71. The van der Waals surface area contributed by atoms with Gasteiger partial charge in [-0.05, 0) is 20.8 Å². The van der Waals surface area contributed by atoms with Gasteiger partial charge in [0.1, 0.15) is 5.76 Å². The van der Waals surface area contributed by atoms with E-state index in [9.17, 15) is 4.79 Å². The summed E-state index contributed by atoms with van der Waals surface area (Å²) in [5.74, 6) is 3.40. The number of aryl methyl sites for hydroxylation is 2. The highest BCUT2D eigenvalue weighted by atomic mass is 32.2. The van der Waals surface area contributed by atoms with Crippen molar-refractivity contribution in [1.29, 1.82) is 0 Å². The summed E-state index contributed by atoms with van der Waals surface area (Å²) >= 11 is 1.96. The van der Waals surface area contributed by atoms with Crippen molar-refractivity contribution in [3.63, 3.8) is 0 Å². The zero-order chi connectivity index (χ0) is 15.4. The molecule has 1 aromatic rings. The molecule has 5 nitrogen and oxygen atoms in total. The number of aromatic nitrogens is 1. The molecule has 2 atom stereocenters. The molecule has 21 heavy (non-hydrogen) atoms. The number of carbonyl (C=O) groups excluding carboxylic acids is 1. The van der Waals surface area contributed by atoms with E-state index in [1.165, 1.54) is 0 Å². The fourth-order valence-electron chi connectivity index (χ4n) is 2.83. The fraction of sp³-hybridized carbons (Fsp3) is 0.733. The van der Waals surface area contributed by atoms with Crippen molar-refractivity contribution >= 4 is 17.7 Å². The van der Waals surface area contributed by atoms with Crippen LogP contribution in [0.2, 0.25) is 0 Å². The summed E-state index contributed by atoms with van der Waals surface area (Å²) < 4.78 is 5.19. The number of rotatable bonds is 5. The Morgan fingerprint density at radius 2 is 2.05 bits per heavy atom. The molecular weight excluding hydrogens is 286 g/mol. The van der Waals surface area contributed by atoms with Gasteiger partial charge in [-0.1, -0.05) is 12.1 Å². The van der Waals surface area contributed by atoms with E-state index in [1.807, 2.05) is 32.5 Å². The molecule has 0 spiro atoms. The topological polar surface area (TPSA) is 58.4 Å². The number of amides is 1. The standard InChI is InChI=1S/C15H25N3O2S/c1-10(14-11(2)17-20-13(14)4)9-16-15(19)12(3)18-5-7-21-8-6-18/h10,12H,5-9H2,1-4H3,(H,16,19)/t10-,12+/m0/s1. The van der Waals surface area contributed by atoms with Crippen LogP contribution in [0.25, 0.3) is 0 Å². The van der Waals surface area contributed by atoms with Gasteiger partial charge in [0.05, 0.1) is 11.7 Å². The van der Waals surface area contributed by atoms with Gasteiger partial charge in [0.25, 0.3) is 0 Å². The molecule has 1 aliphatic rings. The Kier molecular flexibility index (Phi) is 5.70. The minimum absolute atomic E-state index is 0.0530. The number of nitrogens with one attached hydrogen (secondary N) is 1. The number of hydrogen-bond acceptors (Lipinski definition) is 5. The molecule has 0 saturated carbocycles. The third-order valence-corrected chi connectivity index (χ3v) is 5.08. The predicted octanol–water partition coefficient (Wildman–Crippen LogP) is 1.95. The molecule has 2 heterocycles.